The molecule has 8 N–H and O–H groups in total. The number of ether oxygens (including phenoxy) is 1. The molecule has 0 spiro atoms. The summed E-state index contributed by atoms with van der Waals surface area (Å²) in [6.45, 7) is 6.24. The van der Waals surface area contributed by atoms with Crippen molar-refractivity contribution in [3.05, 3.63) is 0 Å². The van der Waals surface area contributed by atoms with Crippen molar-refractivity contribution in [2.75, 3.05) is 116 Å². The predicted molar refractivity (Wildman–Crippen MR) is 176 cm³/mol. The fourth-order valence-electron chi connectivity index (χ4n) is 1.85. The van der Waals surface area contributed by atoms with Crippen LogP contribution in [0.3, 0.4) is 0 Å². The number of aliphatic carboxylic acids is 5. The van der Waals surface area contributed by atoms with E-state index in [2.05, 4.69) is 68.2 Å². The summed E-state index contributed by atoms with van der Waals surface area (Å²) in [5, 5.41) is 95.7. The highest BCUT2D eigenvalue weighted by atomic mass is 16.5. The highest BCUT2D eigenvalue weighted by Crippen LogP contribution is 2.13. The number of hydrogen-bond donors (Lipinski definition) is 8. The van der Waals surface area contributed by atoms with Crippen molar-refractivity contribution in [2.45, 2.75) is 45.3 Å². The number of quaternary nitrogens is 3. The maximum atomic E-state index is 10.1. The second-order valence-corrected chi connectivity index (χ2v) is 13.3. The Hall–Kier alpha value is -3.54. The van der Waals surface area contributed by atoms with Gasteiger partial charge in [-0.15, -0.1) is 0 Å². The van der Waals surface area contributed by atoms with Crippen molar-refractivity contribution in [1.82, 2.24) is 0 Å². The van der Waals surface area contributed by atoms with Gasteiger partial charge in [-0.3, -0.25) is 14.4 Å². The van der Waals surface area contributed by atoms with Crippen LogP contribution in [0.4, 0.5) is 0 Å². The molecule has 0 aliphatic rings. The molecule has 0 fully saturated rings. The average molecular weight is 756 g/mol. The number of carboxylic acid groups (broad SMARTS) is 5. The van der Waals surface area contributed by atoms with Crippen LogP contribution in [0.1, 0.15) is 33.6 Å². The van der Waals surface area contributed by atoms with Gasteiger partial charge < -0.3 is 88.7 Å². The van der Waals surface area contributed by atoms with Gasteiger partial charge in [0.05, 0.1) is 95.8 Å². The van der Waals surface area contributed by atoms with Gasteiger partial charge in [0, 0.05) is 45.6 Å². The zero-order valence-electron chi connectivity index (χ0n) is 32.2. The number of esters is 1. The van der Waals surface area contributed by atoms with Gasteiger partial charge in [-0.1, -0.05) is 0 Å². The van der Waals surface area contributed by atoms with E-state index in [-0.39, 0.29) is 33.0 Å². The van der Waals surface area contributed by atoms with E-state index in [4.69, 9.17) is 50.4 Å². The molecule has 51 heavy (non-hydrogen) atoms. The van der Waals surface area contributed by atoms with Crippen LogP contribution in [0.5, 0.6) is 0 Å². The fraction of sp³-hybridized carbons (Fsp3) is 0.800. The molecule has 1 atom stereocenters. The fourth-order valence-corrected chi connectivity index (χ4v) is 1.85. The van der Waals surface area contributed by atoms with Crippen molar-refractivity contribution in [1.29, 1.82) is 0 Å². The molecule has 308 valence electrons. The molecule has 0 aromatic rings. The van der Waals surface area contributed by atoms with E-state index in [1.807, 2.05) is 0 Å². The van der Waals surface area contributed by atoms with Gasteiger partial charge in [0.1, 0.15) is 37.9 Å². The first kappa shape index (κ1) is 62.6. The van der Waals surface area contributed by atoms with Crippen molar-refractivity contribution in [2.24, 2.45) is 0 Å². The lowest BCUT2D eigenvalue weighted by atomic mass is 9.96. The second kappa shape index (κ2) is 34.9. The van der Waals surface area contributed by atoms with Gasteiger partial charge in [0.15, 0.2) is 0 Å². The van der Waals surface area contributed by atoms with Crippen LogP contribution in [0.15, 0.2) is 0 Å². The molecule has 21 heteroatoms. The maximum absolute atomic E-state index is 10.1. The SMILES string of the molecule is CC(=O)O.CC(=O)O.CC(=O)OCC(O)CO.C[N+](C)(C)CCO.C[N+](C)(C)CCO.C[N+](C)(C)CCO.O=C([O-])CC(O)(CC(=O)[O-])C(=O)[O-]. The summed E-state index contributed by atoms with van der Waals surface area (Å²) >= 11 is 0. The second-order valence-electron chi connectivity index (χ2n) is 13.3. The van der Waals surface area contributed by atoms with E-state index in [9.17, 15) is 34.5 Å². The van der Waals surface area contributed by atoms with Gasteiger partial charge in [-0.05, 0) is 0 Å². The lowest BCUT2D eigenvalue weighted by Gasteiger charge is -2.29. The first-order valence-electron chi connectivity index (χ1n) is 15.0. The monoisotopic (exact) mass is 755 g/mol. The van der Waals surface area contributed by atoms with Crippen LogP contribution in [0.2, 0.25) is 0 Å². The Morgan fingerprint density at radius 1 is 0.608 bits per heavy atom. The summed E-state index contributed by atoms with van der Waals surface area (Å²) in [7, 11) is 18.5. The minimum atomic E-state index is -2.97. The van der Waals surface area contributed by atoms with Crippen LogP contribution in [0, 0.1) is 0 Å². The molecule has 0 saturated carbocycles. The summed E-state index contributed by atoms with van der Waals surface area (Å²) in [6, 6.07) is 0. The van der Waals surface area contributed by atoms with Crippen molar-refractivity contribution in [3.63, 3.8) is 0 Å². The number of nitrogens with zero attached hydrogens (tertiary/aromatic N) is 3. The molecule has 1 unspecified atom stereocenters. The standard InChI is InChI=1S/C6H8O7.3C5H14NO.C5H10O4.2C2H4O2/c7-3(8)1-6(13,5(11)12)2-4(9)10;3*1-6(2,3)4-5-7;1-4(7)9-3-5(8)2-6;2*1-2(3)4/h13H,1-2H2,(H,7,8)(H,9,10)(H,11,12);3*7H,4-5H2,1-3H3;5-6,8H,2-3H2,1H3;2*1H3,(H,3,4)/q;3*+1;;;/p-3. The number of carbonyl (C=O) groups excluding carboxylic acids is 4. The molecule has 0 aromatic heterocycles. The number of carboxylic acids is 5. The lowest BCUT2D eigenvalue weighted by Crippen LogP contribution is -2.54. The van der Waals surface area contributed by atoms with Crippen LogP contribution in [-0.2, 0) is 33.5 Å². The molecule has 0 rings (SSSR count). The Balaban J connectivity index is -0.0000000918. The summed E-state index contributed by atoms with van der Waals surface area (Å²) in [5.74, 6) is -8.11. The van der Waals surface area contributed by atoms with Gasteiger partial charge in [-0.2, -0.15) is 0 Å². The lowest BCUT2D eigenvalue weighted by molar-refractivity contribution is -0.870. The molecular weight excluding hydrogens is 690 g/mol. The van der Waals surface area contributed by atoms with E-state index in [0.29, 0.717) is 0 Å². The molecule has 0 aliphatic heterocycles. The summed E-state index contributed by atoms with van der Waals surface area (Å²) < 4.78 is 6.88. The number of likely N-dealkylation sites (N-methyl/N-ethyl adjacent to an activating group) is 3. The van der Waals surface area contributed by atoms with E-state index < -0.39 is 60.4 Å². The van der Waals surface area contributed by atoms with Crippen LogP contribution >= 0.6 is 0 Å². The minimum absolute atomic E-state index is 0.133. The molecule has 0 heterocycles. The van der Waals surface area contributed by atoms with Gasteiger partial charge in [-0.25, -0.2) is 0 Å². The number of rotatable bonds is 14. The third-order valence-electron chi connectivity index (χ3n) is 4.26. The molecule has 21 nitrogen and oxygen atoms in total. The van der Waals surface area contributed by atoms with Gasteiger partial charge in [0.25, 0.3) is 11.9 Å². The number of hydrogen-bond acceptors (Lipinski definition) is 16. The third-order valence-corrected chi connectivity index (χ3v) is 4.26. The zero-order valence-corrected chi connectivity index (χ0v) is 32.2. The van der Waals surface area contributed by atoms with E-state index >= 15 is 0 Å². The molecule has 0 saturated heterocycles. The van der Waals surface area contributed by atoms with Crippen LogP contribution < -0.4 is 15.3 Å². The van der Waals surface area contributed by atoms with E-state index in [0.717, 1.165) is 46.9 Å². The average Bonchev–Trinajstić information content (AvgIpc) is 2.85. The van der Waals surface area contributed by atoms with E-state index in [1.165, 1.54) is 6.92 Å². The largest absolute Gasteiger partial charge is 0.550 e. The third kappa shape index (κ3) is 92.8. The van der Waals surface area contributed by atoms with Crippen LogP contribution in [-0.4, -0.2) is 218 Å². The Morgan fingerprint density at radius 2 is 0.843 bits per heavy atom. The predicted octanol–water partition coefficient (Wildman–Crippen LogP) is -7.11. The Bertz CT molecular complexity index is 853. The normalized spacial score (nSPS) is 10.9. The molecular formula is C30H65N3O18. The van der Waals surface area contributed by atoms with Gasteiger partial charge >= 0.3 is 5.97 Å². The minimum Gasteiger partial charge on any atom is -0.550 e. The summed E-state index contributed by atoms with van der Waals surface area (Å²) in [5.41, 5.74) is -2.97. The number of aliphatic hydroxyl groups is 6. The van der Waals surface area contributed by atoms with Crippen molar-refractivity contribution >= 4 is 35.8 Å². The Kier molecular flexibility index (Phi) is 42.8. The molecule has 0 amide bonds. The quantitative estimate of drug-likeness (QED) is 0.0603. The summed E-state index contributed by atoms with van der Waals surface area (Å²) in [6.07, 6.45) is -3.67. The topological polar surface area (TPSA) is 343 Å². The maximum Gasteiger partial charge on any atom is 0.302 e. The van der Waals surface area contributed by atoms with E-state index in [1.54, 1.807) is 0 Å². The molecule has 0 aromatic carbocycles. The van der Waals surface area contributed by atoms with Crippen molar-refractivity contribution in [3.8, 4) is 0 Å². The zero-order chi connectivity index (χ0) is 42.8. The molecule has 0 aliphatic carbocycles. The first-order valence-corrected chi connectivity index (χ1v) is 15.0. The Labute approximate surface area is 300 Å². The highest BCUT2D eigenvalue weighted by Gasteiger charge is 2.29. The van der Waals surface area contributed by atoms with Gasteiger partial charge in [0.2, 0.25) is 0 Å². The summed E-state index contributed by atoms with van der Waals surface area (Å²) in [4.78, 5) is 58.0. The Morgan fingerprint density at radius 3 is 0.941 bits per heavy atom. The van der Waals surface area contributed by atoms with Crippen molar-refractivity contribution < 1.29 is 103 Å². The molecule has 0 bridgehead atoms. The number of aliphatic hydroxyl groups excluding tert-OH is 5. The highest BCUT2D eigenvalue weighted by molar-refractivity contribution is 5.86. The number of carbonyl (C=O) groups is 6. The van der Waals surface area contributed by atoms with Crippen LogP contribution in [0.25, 0.3) is 0 Å². The smallest absolute Gasteiger partial charge is 0.302 e. The first-order chi connectivity index (χ1) is 22.6. The molecule has 0 radical (unpaired) electrons.